The molecule has 2 fully saturated rings. The Hall–Kier alpha value is -2.24. The highest BCUT2D eigenvalue weighted by molar-refractivity contribution is 6.31. The predicted octanol–water partition coefficient (Wildman–Crippen LogP) is 4.21. The third-order valence-corrected chi connectivity index (χ3v) is 7.18. The number of likely N-dealkylation sites (tertiary alicyclic amines) is 2. The molecule has 0 unspecified atom stereocenters. The van der Waals surface area contributed by atoms with Crippen LogP contribution in [0.2, 0.25) is 5.02 Å². The number of hydrogen-bond donors (Lipinski definition) is 0. The molecule has 2 aromatic carbocycles. The molecule has 0 saturated carbocycles. The molecule has 158 valence electrons. The molecule has 0 radical (unpaired) electrons. The second-order valence-corrected chi connectivity index (χ2v) is 9.15. The van der Waals surface area contributed by atoms with E-state index < -0.39 is 0 Å². The highest BCUT2D eigenvalue weighted by Gasteiger charge is 2.46. The van der Waals surface area contributed by atoms with Crippen molar-refractivity contribution in [2.45, 2.75) is 38.8 Å². The maximum Gasteiger partial charge on any atom is 0.231 e. The van der Waals surface area contributed by atoms with E-state index in [2.05, 4.69) is 41.0 Å². The molecule has 1 amide bonds. The predicted molar refractivity (Wildman–Crippen MR) is 116 cm³/mol. The third kappa shape index (κ3) is 3.54. The second kappa shape index (κ2) is 7.78. The van der Waals surface area contributed by atoms with Gasteiger partial charge in [0, 0.05) is 62.1 Å². The highest BCUT2D eigenvalue weighted by Crippen LogP contribution is 2.43. The number of rotatable bonds is 3. The van der Waals surface area contributed by atoms with Gasteiger partial charge < -0.3 is 14.4 Å². The molecule has 2 saturated heterocycles. The van der Waals surface area contributed by atoms with E-state index in [0.29, 0.717) is 22.9 Å². The van der Waals surface area contributed by atoms with Crippen LogP contribution < -0.4 is 9.47 Å². The average Bonchev–Trinajstić information content (AvgIpc) is 3.32. The second-order valence-electron chi connectivity index (χ2n) is 8.74. The van der Waals surface area contributed by atoms with Crippen molar-refractivity contribution in [3.8, 4) is 11.5 Å². The van der Waals surface area contributed by atoms with Crippen molar-refractivity contribution in [3.05, 3.63) is 58.1 Å². The lowest BCUT2D eigenvalue weighted by molar-refractivity contribution is -0.130. The van der Waals surface area contributed by atoms with Crippen LogP contribution in [0.3, 0.4) is 0 Å². The van der Waals surface area contributed by atoms with E-state index in [-0.39, 0.29) is 12.7 Å². The number of hydrogen-bond acceptors (Lipinski definition) is 4. The highest BCUT2D eigenvalue weighted by atomic mass is 35.5. The molecule has 0 spiro atoms. The Kier molecular flexibility index (Phi) is 5.11. The number of carbonyl (C=O) groups excluding carboxylic acids is 1. The fourth-order valence-electron chi connectivity index (χ4n) is 5.39. The van der Waals surface area contributed by atoms with Gasteiger partial charge in [-0.2, -0.15) is 0 Å². The summed E-state index contributed by atoms with van der Waals surface area (Å²) < 4.78 is 11.0. The van der Waals surface area contributed by atoms with E-state index in [1.165, 1.54) is 11.1 Å². The van der Waals surface area contributed by atoms with Gasteiger partial charge in [0.1, 0.15) is 0 Å². The first-order valence-corrected chi connectivity index (χ1v) is 11.0. The number of benzene rings is 2. The molecule has 3 heterocycles. The van der Waals surface area contributed by atoms with Gasteiger partial charge in [-0.05, 0) is 30.5 Å². The molecular formula is C24H27ClN2O3. The molecule has 30 heavy (non-hydrogen) atoms. The van der Waals surface area contributed by atoms with Crippen LogP contribution in [0.1, 0.15) is 36.0 Å². The summed E-state index contributed by atoms with van der Waals surface area (Å²) in [5, 5.41) is 0.716. The van der Waals surface area contributed by atoms with Crippen LogP contribution in [0.15, 0.2) is 36.4 Å². The Balaban J connectivity index is 1.38. The van der Waals surface area contributed by atoms with Crippen molar-refractivity contribution in [1.29, 1.82) is 0 Å². The fraction of sp³-hybridized carbons (Fsp3) is 0.458. The first kappa shape index (κ1) is 19.7. The lowest BCUT2D eigenvalue weighted by atomic mass is 9.81. The Morgan fingerprint density at radius 3 is 2.73 bits per heavy atom. The minimum absolute atomic E-state index is 0.187. The van der Waals surface area contributed by atoms with Crippen molar-refractivity contribution < 1.29 is 14.3 Å². The molecule has 3 atom stereocenters. The summed E-state index contributed by atoms with van der Waals surface area (Å²) in [5.41, 5.74) is 3.68. The first-order valence-electron chi connectivity index (χ1n) is 10.6. The number of fused-ring (bicyclic) bond motifs is 2. The van der Waals surface area contributed by atoms with Gasteiger partial charge in [-0.25, -0.2) is 0 Å². The lowest BCUT2D eigenvalue weighted by Gasteiger charge is -2.39. The van der Waals surface area contributed by atoms with Crippen molar-refractivity contribution in [1.82, 2.24) is 9.80 Å². The van der Waals surface area contributed by atoms with Gasteiger partial charge in [-0.1, -0.05) is 41.4 Å². The van der Waals surface area contributed by atoms with Gasteiger partial charge >= 0.3 is 0 Å². The molecule has 0 N–H and O–H groups in total. The van der Waals surface area contributed by atoms with E-state index in [1.807, 2.05) is 12.1 Å². The van der Waals surface area contributed by atoms with Crippen LogP contribution in [0, 0.1) is 12.8 Å². The Labute approximate surface area is 182 Å². The number of halogens is 1. The van der Waals surface area contributed by atoms with E-state index in [1.54, 1.807) is 6.92 Å². The number of ether oxygens (including phenoxy) is 2. The Morgan fingerprint density at radius 1 is 1.17 bits per heavy atom. The molecular weight excluding hydrogens is 400 g/mol. The van der Waals surface area contributed by atoms with Crippen LogP contribution in [-0.2, 0) is 11.3 Å². The summed E-state index contributed by atoms with van der Waals surface area (Å²) in [4.78, 5) is 16.9. The van der Waals surface area contributed by atoms with Crippen LogP contribution in [0.4, 0.5) is 0 Å². The van der Waals surface area contributed by atoms with Gasteiger partial charge in [-0.3, -0.25) is 9.69 Å². The van der Waals surface area contributed by atoms with Crippen molar-refractivity contribution in [2.24, 2.45) is 5.92 Å². The maximum atomic E-state index is 12.3. The molecule has 2 aromatic rings. The SMILES string of the molecule is CC(=O)N1C[C@@H](c2cccc(C)c2)[C@@H]2CN(Cc3cc4c(cc3Cl)OCO4)CC[C@@H]21. The largest absolute Gasteiger partial charge is 0.454 e. The summed E-state index contributed by atoms with van der Waals surface area (Å²) >= 11 is 6.53. The van der Waals surface area contributed by atoms with E-state index in [0.717, 1.165) is 49.7 Å². The van der Waals surface area contributed by atoms with E-state index in [9.17, 15) is 4.79 Å². The van der Waals surface area contributed by atoms with E-state index >= 15 is 0 Å². The lowest BCUT2D eigenvalue weighted by Crippen LogP contribution is -2.47. The zero-order chi connectivity index (χ0) is 20.8. The maximum absolute atomic E-state index is 12.3. The number of amides is 1. The van der Waals surface area contributed by atoms with Gasteiger partial charge in [0.2, 0.25) is 12.7 Å². The number of carbonyl (C=O) groups is 1. The van der Waals surface area contributed by atoms with Crippen molar-refractivity contribution >= 4 is 17.5 Å². The summed E-state index contributed by atoms with van der Waals surface area (Å²) in [5.74, 6) is 2.47. The fourth-order valence-corrected chi connectivity index (χ4v) is 5.60. The summed E-state index contributed by atoms with van der Waals surface area (Å²) in [6.07, 6.45) is 0.995. The molecule has 0 aromatic heterocycles. The van der Waals surface area contributed by atoms with Crippen LogP contribution >= 0.6 is 11.6 Å². The molecule has 0 bridgehead atoms. The minimum atomic E-state index is 0.187. The van der Waals surface area contributed by atoms with Gasteiger partial charge in [-0.15, -0.1) is 0 Å². The van der Waals surface area contributed by atoms with Crippen molar-refractivity contribution in [3.63, 3.8) is 0 Å². The standard InChI is InChI=1S/C24H27ClN2O3/c1-15-4-3-5-17(8-15)19-13-27(16(2)28)22-6-7-26(12-20(19)22)11-18-9-23-24(10-21(18)25)30-14-29-23/h3-5,8-10,19-20,22H,6-7,11-14H2,1-2H3/t19-,20-,22-/m0/s1. The molecule has 0 aliphatic carbocycles. The van der Waals surface area contributed by atoms with Crippen molar-refractivity contribution in [2.75, 3.05) is 26.4 Å². The van der Waals surface area contributed by atoms with Crippen LogP contribution in [-0.4, -0.2) is 48.2 Å². The third-order valence-electron chi connectivity index (χ3n) is 6.83. The molecule has 3 aliphatic heterocycles. The monoisotopic (exact) mass is 426 g/mol. The molecule has 6 heteroatoms. The van der Waals surface area contributed by atoms with Gasteiger partial charge in [0.05, 0.1) is 0 Å². The minimum Gasteiger partial charge on any atom is -0.454 e. The first-order chi connectivity index (χ1) is 14.5. The summed E-state index contributed by atoms with van der Waals surface area (Å²) in [7, 11) is 0. The molecule has 5 rings (SSSR count). The quantitative estimate of drug-likeness (QED) is 0.737. The number of nitrogens with zero attached hydrogens (tertiary/aromatic N) is 2. The Morgan fingerprint density at radius 2 is 1.97 bits per heavy atom. The zero-order valence-electron chi connectivity index (χ0n) is 17.4. The number of piperidine rings is 1. The summed E-state index contributed by atoms with van der Waals surface area (Å²) in [6.45, 7) is 7.59. The smallest absolute Gasteiger partial charge is 0.231 e. The van der Waals surface area contributed by atoms with Gasteiger partial charge in [0.25, 0.3) is 0 Å². The van der Waals surface area contributed by atoms with E-state index in [4.69, 9.17) is 21.1 Å². The number of aryl methyl sites for hydroxylation is 1. The Bertz CT molecular complexity index is 979. The molecule has 5 nitrogen and oxygen atoms in total. The zero-order valence-corrected chi connectivity index (χ0v) is 18.2. The summed E-state index contributed by atoms with van der Waals surface area (Å²) in [6, 6.07) is 12.9. The topological polar surface area (TPSA) is 42.0 Å². The van der Waals surface area contributed by atoms with Crippen LogP contribution in [0.5, 0.6) is 11.5 Å². The van der Waals surface area contributed by atoms with Gasteiger partial charge in [0.15, 0.2) is 11.5 Å². The van der Waals surface area contributed by atoms with Crippen LogP contribution in [0.25, 0.3) is 0 Å². The average molecular weight is 427 g/mol. The normalized spacial score (nSPS) is 25.4. The molecule has 3 aliphatic rings.